The minimum Gasteiger partial charge on any atom is -0.476 e. The van der Waals surface area contributed by atoms with E-state index in [0.717, 1.165) is 27.6 Å². The molecule has 0 aliphatic carbocycles. The van der Waals surface area contributed by atoms with Gasteiger partial charge in [-0.1, -0.05) is 23.8 Å². The van der Waals surface area contributed by atoms with Crippen molar-refractivity contribution >= 4 is 27.3 Å². The molecule has 0 saturated carbocycles. The Bertz CT molecular complexity index is 1340. The van der Waals surface area contributed by atoms with Crippen LogP contribution in [0.5, 0.6) is 11.5 Å². The minimum absolute atomic E-state index is 0.0657. The van der Waals surface area contributed by atoms with Crippen molar-refractivity contribution in [2.45, 2.75) is 31.2 Å². The number of ether oxygens (including phenoxy) is 2. The number of aryl methyl sites for hydroxylation is 2. The van der Waals surface area contributed by atoms with E-state index in [9.17, 15) is 26.4 Å². The molecule has 11 heteroatoms. The molecule has 1 N–H and O–H groups in total. The molecule has 1 aliphatic rings. The highest BCUT2D eigenvalue weighted by Gasteiger charge is 2.38. The van der Waals surface area contributed by atoms with Crippen LogP contribution in [0.3, 0.4) is 0 Å². The smallest absolute Gasteiger partial charge is 0.476 e. The number of anilines is 2. The van der Waals surface area contributed by atoms with Gasteiger partial charge >= 0.3 is 6.36 Å². The van der Waals surface area contributed by atoms with Gasteiger partial charge in [0, 0.05) is 5.69 Å². The van der Waals surface area contributed by atoms with Gasteiger partial charge in [0.15, 0.2) is 6.10 Å². The molecule has 7 nitrogen and oxygen atoms in total. The van der Waals surface area contributed by atoms with Crippen LogP contribution in [0.4, 0.5) is 24.5 Å². The van der Waals surface area contributed by atoms with Gasteiger partial charge in [-0.05, 0) is 67.9 Å². The first-order valence-electron chi connectivity index (χ1n) is 10.5. The second kappa shape index (κ2) is 9.14. The van der Waals surface area contributed by atoms with Crippen LogP contribution in [0, 0.1) is 13.8 Å². The number of nitrogens with zero attached hydrogens (tertiary/aromatic N) is 1. The van der Waals surface area contributed by atoms with E-state index in [1.54, 1.807) is 37.3 Å². The van der Waals surface area contributed by atoms with Crippen LogP contribution in [0.25, 0.3) is 0 Å². The summed E-state index contributed by atoms with van der Waals surface area (Å²) in [5.41, 5.74) is 2.19. The molecule has 3 aromatic rings. The van der Waals surface area contributed by atoms with Gasteiger partial charge in [0.05, 0.1) is 17.1 Å². The molecular formula is C24H21F3N2O5S. The van der Waals surface area contributed by atoms with Gasteiger partial charge in [0.1, 0.15) is 11.5 Å². The van der Waals surface area contributed by atoms with E-state index in [2.05, 4.69) is 10.1 Å². The number of halogens is 3. The van der Waals surface area contributed by atoms with Crippen molar-refractivity contribution in [1.29, 1.82) is 0 Å². The molecule has 0 radical (unpaired) electrons. The first kappa shape index (κ1) is 24.4. The van der Waals surface area contributed by atoms with Gasteiger partial charge in [-0.15, -0.1) is 13.2 Å². The average molecular weight is 507 g/mol. The monoisotopic (exact) mass is 506 g/mol. The maximum atomic E-state index is 13.5. The highest BCUT2D eigenvalue weighted by molar-refractivity contribution is 7.92. The molecule has 0 bridgehead atoms. The van der Waals surface area contributed by atoms with Crippen LogP contribution in [-0.4, -0.2) is 33.3 Å². The number of sulfonamides is 1. The van der Waals surface area contributed by atoms with E-state index in [4.69, 9.17) is 4.74 Å². The Labute approximate surface area is 200 Å². The van der Waals surface area contributed by atoms with Crippen LogP contribution in [0.1, 0.15) is 11.1 Å². The summed E-state index contributed by atoms with van der Waals surface area (Å²) in [6.07, 6.45) is -6.05. The van der Waals surface area contributed by atoms with Crippen molar-refractivity contribution in [3.63, 3.8) is 0 Å². The lowest BCUT2D eigenvalue weighted by Gasteiger charge is -2.35. The summed E-state index contributed by atoms with van der Waals surface area (Å²) in [4.78, 5) is 13.0. The molecule has 1 atom stereocenters. The number of carbonyl (C=O) groups excluding carboxylic acids is 1. The number of hydrogen-bond donors (Lipinski definition) is 1. The SMILES string of the molecule is Cc1ccc(S(=O)(=O)N2C[C@H](C(=O)Nc3ccc(OC(F)(F)F)cc3)Oc3cc(C)ccc32)cc1. The lowest BCUT2D eigenvalue weighted by atomic mass is 10.1. The average Bonchev–Trinajstić information content (AvgIpc) is 2.78. The molecule has 4 rings (SSSR count). The number of benzene rings is 3. The first-order valence-corrected chi connectivity index (χ1v) is 11.9. The molecule has 0 aromatic heterocycles. The van der Waals surface area contributed by atoms with Gasteiger partial charge in [0.25, 0.3) is 15.9 Å². The van der Waals surface area contributed by atoms with Crippen molar-refractivity contribution in [3.05, 3.63) is 77.9 Å². The van der Waals surface area contributed by atoms with Crippen LogP contribution in [0.15, 0.2) is 71.6 Å². The Balaban J connectivity index is 1.60. The molecule has 35 heavy (non-hydrogen) atoms. The Hall–Kier alpha value is -3.73. The zero-order valence-corrected chi connectivity index (χ0v) is 19.5. The fourth-order valence-corrected chi connectivity index (χ4v) is 5.00. The highest BCUT2D eigenvalue weighted by atomic mass is 32.2. The lowest BCUT2D eigenvalue weighted by Crippen LogP contribution is -2.48. The number of alkyl halides is 3. The van der Waals surface area contributed by atoms with E-state index in [-0.39, 0.29) is 22.9 Å². The molecule has 1 amide bonds. The van der Waals surface area contributed by atoms with E-state index in [1.807, 2.05) is 6.92 Å². The van der Waals surface area contributed by atoms with E-state index in [0.29, 0.717) is 5.69 Å². The molecule has 1 aliphatic heterocycles. The highest BCUT2D eigenvalue weighted by Crippen LogP contribution is 2.38. The van der Waals surface area contributed by atoms with Gasteiger partial charge in [-0.25, -0.2) is 8.42 Å². The quantitative estimate of drug-likeness (QED) is 0.538. The molecule has 0 fully saturated rings. The molecular weight excluding hydrogens is 485 g/mol. The third-order valence-electron chi connectivity index (χ3n) is 5.24. The van der Waals surface area contributed by atoms with Crippen molar-refractivity contribution in [1.82, 2.24) is 0 Å². The van der Waals surface area contributed by atoms with Crippen LogP contribution < -0.4 is 19.1 Å². The summed E-state index contributed by atoms with van der Waals surface area (Å²) in [6.45, 7) is 3.34. The normalized spacial score (nSPS) is 15.7. The number of carbonyl (C=O) groups is 1. The number of hydrogen-bond acceptors (Lipinski definition) is 5. The standard InChI is InChI=1S/C24H21F3N2O5S/c1-15-3-10-19(11-4-15)35(31,32)29-14-22(33-21-13-16(2)5-12-20(21)29)23(30)28-17-6-8-18(9-7-17)34-24(25,26)27/h3-13,22H,14H2,1-2H3,(H,28,30)/t22-/m1/s1. The van der Waals surface area contributed by atoms with Gasteiger partial charge < -0.3 is 14.8 Å². The summed E-state index contributed by atoms with van der Waals surface area (Å²) in [6, 6.07) is 15.9. The maximum Gasteiger partial charge on any atom is 0.573 e. The molecule has 3 aromatic carbocycles. The fourth-order valence-electron chi connectivity index (χ4n) is 3.53. The summed E-state index contributed by atoms with van der Waals surface area (Å²) in [5.74, 6) is -0.879. The van der Waals surface area contributed by atoms with Crippen molar-refractivity contribution in [2.24, 2.45) is 0 Å². The van der Waals surface area contributed by atoms with Gasteiger partial charge in [0.2, 0.25) is 0 Å². The zero-order chi connectivity index (χ0) is 25.4. The topological polar surface area (TPSA) is 84.9 Å². The second-order valence-electron chi connectivity index (χ2n) is 7.99. The van der Waals surface area contributed by atoms with Crippen LogP contribution in [0.2, 0.25) is 0 Å². The van der Waals surface area contributed by atoms with E-state index < -0.39 is 34.1 Å². The Morgan fingerprint density at radius 1 is 1.00 bits per heavy atom. The van der Waals surface area contributed by atoms with Crippen molar-refractivity contribution in [3.8, 4) is 11.5 Å². The number of rotatable bonds is 5. The third kappa shape index (κ3) is 5.51. The van der Waals surface area contributed by atoms with Crippen molar-refractivity contribution < 1.29 is 35.9 Å². The second-order valence-corrected chi connectivity index (χ2v) is 9.85. The molecule has 0 spiro atoms. The number of fused-ring (bicyclic) bond motifs is 1. The summed E-state index contributed by atoms with van der Waals surface area (Å²) in [7, 11) is -4.02. The lowest BCUT2D eigenvalue weighted by molar-refractivity contribution is -0.274. The third-order valence-corrected chi connectivity index (χ3v) is 7.04. The van der Waals surface area contributed by atoms with Gasteiger partial charge in [-0.3, -0.25) is 9.10 Å². The van der Waals surface area contributed by atoms with Crippen LogP contribution >= 0.6 is 0 Å². The zero-order valence-electron chi connectivity index (χ0n) is 18.7. The van der Waals surface area contributed by atoms with Crippen molar-refractivity contribution in [2.75, 3.05) is 16.2 Å². The Morgan fingerprint density at radius 3 is 2.26 bits per heavy atom. The first-order chi connectivity index (χ1) is 16.4. The largest absolute Gasteiger partial charge is 0.573 e. The minimum atomic E-state index is -4.83. The summed E-state index contributed by atoms with van der Waals surface area (Å²) < 4.78 is 74.8. The molecule has 0 saturated heterocycles. The molecule has 184 valence electrons. The number of nitrogens with one attached hydrogen (secondary N) is 1. The Morgan fingerprint density at radius 2 is 1.63 bits per heavy atom. The maximum absolute atomic E-state index is 13.5. The molecule has 1 heterocycles. The van der Waals surface area contributed by atoms with Crippen LogP contribution in [-0.2, 0) is 14.8 Å². The predicted molar refractivity (Wildman–Crippen MR) is 123 cm³/mol. The van der Waals surface area contributed by atoms with E-state index in [1.165, 1.54) is 24.3 Å². The Kier molecular flexibility index (Phi) is 6.37. The van der Waals surface area contributed by atoms with E-state index >= 15 is 0 Å². The summed E-state index contributed by atoms with van der Waals surface area (Å²) >= 11 is 0. The fraction of sp³-hybridized carbons (Fsp3) is 0.208. The predicted octanol–water partition coefficient (Wildman–Crippen LogP) is 4.80. The number of amides is 1. The summed E-state index contributed by atoms with van der Waals surface area (Å²) in [5, 5.41) is 2.54. The van der Waals surface area contributed by atoms with Gasteiger partial charge in [-0.2, -0.15) is 0 Å². The molecule has 0 unspecified atom stereocenters.